The molecule has 0 unspecified atom stereocenters. The molecule has 0 atom stereocenters. The Hall–Kier alpha value is -0.730. The van der Waals surface area contributed by atoms with Crippen molar-refractivity contribution in [2.24, 2.45) is 0 Å². The van der Waals surface area contributed by atoms with Gasteiger partial charge in [-0.15, -0.1) is 11.8 Å². The Bertz CT molecular complexity index is 269. The van der Waals surface area contributed by atoms with Gasteiger partial charge >= 0.3 is 0 Å². The average molecular weight is 207 g/mol. The molecule has 0 saturated heterocycles. The SMILES string of the molecule is C=C(CNCC)CSc1ccccc1. The van der Waals surface area contributed by atoms with E-state index in [1.54, 1.807) is 0 Å². The van der Waals surface area contributed by atoms with Crippen LogP contribution >= 0.6 is 11.8 Å². The molecule has 14 heavy (non-hydrogen) atoms. The fraction of sp³-hybridized carbons (Fsp3) is 0.333. The molecule has 0 aliphatic rings. The molecule has 1 aromatic rings. The van der Waals surface area contributed by atoms with Crippen LogP contribution in [-0.2, 0) is 0 Å². The first-order valence-electron chi connectivity index (χ1n) is 4.88. The van der Waals surface area contributed by atoms with Crippen molar-refractivity contribution >= 4 is 11.8 Å². The van der Waals surface area contributed by atoms with Gasteiger partial charge in [0.05, 0.1) is 0 Å². The maximum absolute atomic E-state index is 4.02. The molecule has 0 amide bonds. The number of hydrogen-bond acceptors (Lipinski definition) is 2. The number of hydrogen-bond donors (Lipinski definition) is 1. The van der Waals surface area contributed by atoms with Crippen LogP contribution in [0.1, 0.15) is 6.92 Å². The monoisotopic (exact) mass is 207 g/mol. The van der Waals surface area contributed by atoms with E-state index in [2.05, 4.69) is 43.1 Å². The summed E-state index contributed by atoms with van der Waals surface area (Å²) in [4.78, 5) is 1.31. The Labute approximate surface area is 90.6 Å². The van der Waals surface area contributed by atoms with Gasteiger partial charge in [0.1, 0.15) is 0 Å². The zero-order valence-electron chi connectivity index (χ0n) is 8.62. The highest BCUT2D eigenvalue weighted by atomic mass is 32.2. The molecule has 0 radical (unpaired) electrons. The lowest BCUT2D eigenvalue weighted by molar-refractivity contribution is 0.779. The number of benzene rings is 1. The van der Waals surface area contributed by atoms with E-state index in [9.17, 15) is 0 Å². The van der Waals surface area contributed by atoms with Crippen molar-refractivity contribution in [3.63, 3.8) is 0 Å². The molecule has 1 rings (SSSR count). The Morgan fingerprint density at radius 1 is 1.36 bits per heavy atom. The van der Waals surface area contributed by atoms with Crippen LogP contribution in [0.5, 0.6) is 0 Å². The van der Waals surface area contributed by atoms with Crippen molar-refractivity contribution in [1.82, 2.24) is 5.32 Å². The minimum atomic E-state index is 0.927. The summed E-state index contributed by atoms with van der Waals surface area (Å²) in [6.45, 7) is 8.07. The van der Waals surface area contributed by atoms with Gasteiger partial charge in [-0.3, -0.25) is 0 Å². The Balaban J connectivity index is 2.24. The zero-order chi connectivity index (χ0) is 10.2. The first kappa shape index (κ1) is 11.3. The second-order valence-electron chi connectivity index (χ2n) is 3.13. The van der Waals surface area contributed by atoms with Gasteiger partial charge in [-0.1, -0.05) is 37.3 Å². The number of nitrogens with one attached hydrogen (secondary N) is 1. The highest BCUT2D eigenvalue weighted by molar-refractivity contribution is 7.99. The first-order chi connectivity index (χ1) is 6.83. The number of rotatable bonds is 6. The van der Waals surface area contributed by atoms with Gasteiger partial charge in [0.2, 0.25) is 0 Å². The Kier molecular flexibility index (Phi) is 5.42. The van der Waals surface area contributed by atoms with Gasteiger partial charge in [0.15, 0.2) is 0 Å². The summed E-state index contributed by atoms with van der Waals surface area (Å²) in [5.74, 6) is 0.997. The average Bonchev–Trinajstić information content (AvgIpc) is 2.25. The van der Waals surface area contributed by atoms with Crippen LogP contribution in [0.25, 0.3) is 0 Å². The van der Waals surface area contributed by atoms with Crippen molar-refractivity contribution in [1.29, 1.82) is 0 Å². The third-order valence-electron chi connectivity index (χ3n) is 1.81. The van der Waals surface area contributed by atoms with Crippen molar-refractivity contribution in [2.45, 2.75) is 11.8 Å². The number of thioether (sulfide) groups is 1. The molecule has 0 saturated carbocycles. The summed E-state index contributed by atoms with van der Waals surface area (Å²) in [5, 5.41) is 3.27. The maximum atomic E-state index is 4.02. The van der Waals surface area contributed by atoms with Gasteiger partial charge < -0.3 is 5.32 Å². The largest absolute Gasteiger partial charge is 0.313 e. The highest BCUT2D eigenvalue weighted by Gasteiger charge is 1.95. The molecule has 76 valence electrons. The molecular weight excluding hydrogens is 190 g/mol. The molecule has 1 aromatic carbocycles. The van der Waals surface area contributed by atoms with Crippen molar-refractivity contribution in [3.8, 4) is 0 Å². The molecular formula is C12H17NS. The Morgan fingerprint density at radius 2 is 2.07 bits per heavy atom. The first-order valence-corrected chi connectivity index (χ1v) is 5.86. The summed E-state index contributed by atoms with van der Waals surface area (Å²) in [6, 6.07) is 10.4. The van der Waals surface area contributed by atoms with E-state index in [0.717, 1.165) is 18.8 Å². The topological polar surface area (TPSA) is 12.0 Å². The Morgan fingerprint density at radius 3 is 2.71 bits per heavy atom. The lowest BCUT2D eigenvalue weighted by Gasteiger charge is -2.05. The van der Waals surface area contributed by atoms with Crippen molar-refractivity contribution in [2.75, 3.05) is 18.8 Å². The lowest BCUT2D eigenvalue weighted by atomic mass is 10.3. The molecule has 0 fully saturated rings. The van der Waals surface area contributed by atoms with Crippen LogP contribution in [0, 0.1) is 0 Å². The van der Waals surface area contributed by atoms with Gasteiger partial charge in [-0.05, 0) is 18.7 Å². The summed E-state index contributed by atoms with van der Waals surface area (Å²) in [7, 11) is 0. The fourth-order valence-corrected chi connectivity index (χ4v) is 1.88. The van der Waals surface area contributed by atoms with E-state index in [1.165, 1.54) is 10.5 Å². The van der Waals surface area contributed by atoms with E-state index in [-0.39, 0.29) is 0 Å². The molecule has 0 spiro atoms. The van der Waals surface area contributed by atoms with E-state index in [0.29, 0.717) is 0 Å². The van der Waals surface area contributed by atoms with E-state index >= 15 is 0 Å². The van der Waals surface area contributed by atoms with Crippen LogP contribution in [0.2, 0.25) is 0 Å². The minimum absolute atomic E-state index is 0.927. The van der Waals surface area contributed by atoms with Gasteiger partial charge in [0.25, 0.3) is 0 Å². The quantitative estimate of drug-likeness (QED) is 0.568. The van der Waals surface area contributed by atoms with Crippen LogP contribution in [0.15, 0.2) is 47.4 Å². The molecule has 0 heterocycles. The van der Waals surface area contributed by atoms with E-state index in [1.807, 2.05) is 17.8 Å². The summed E-state index contributed by atoms with van der Waals surface area (Å²) in [5.41, 5.74) is 1.25. The second-order valence-corrected chi connectivity index (χ2v) is 4.18. The highest BCUT2D eigenvalue weighted by Crippen LogP contribution is 2.18. The van der Waals surface area contributed by atoms with Gasteiger partial charge in [0, 0.05) is 17.2 Å². The van der Waals surface area contributed by atoms with Crippen LogP contribution in [0.3, 0.4) is 0 Å². The third-order valence-corrected chi connectivity index (χ3v) is 2.97. The fourth-order valence-electron chi connectivity index (χ4n) is 1.05. The van der Waals surface area contributed by atoms with Crippen LogP contribution in [-0.4, -0.2) is 18.8 Å². The van der Waals surface area contributed by atoms with Crippen LogP contribution in [0.4, 0.5) is 0 Å². The van der Waals surface area contributed by atoms with E-state index < -0.39 is 0 Å². The minimum Gasteiger partial charge on any atom is -0.313 e. The standard InChI is InChI=1S/C12H17NS/c1-3-13-9-11(2)10-14-12-7-5-4-6-8-12/h4-8,13H,2-3,9-10H2,1H3. The molecule has 2 heteroatoms. The molecule has 1 nitrogen and oxygen atoms in total. The molecule has 0 aliphatic heterocycles. The predicted octanol–water partition coefficient (Wildman–Crippen LogP) is 2.94. The molecule has 1 N–H and O–H groups in total. The molecule has 0 bridgehead atoms. The zero-order valence-corrected chi connectivity index (χ0v) is 9.44. The van der Waals surface area contributed by atoms with Crippen molar-refractivity contribution in [3.05, 3.63) is 42.5 Å². The number of likely N-dealkylation sites (N-methyl/N-ethyl adjacent to an activating group) is 1. The van der Waals surface area contributed by atoms with E-state index in [4.69, 9.17) is 0 Å². The van der Waals surface area contributed by atoms with Gasteiger partial charge in [-0.25, -0.2) is 0 Å². The lowest BCUT2D eigenvalue weighted by Crippen LogP contribution is -2.16. The summed E-state index contributed by atoms with van der Waals surface area (Å²) >= 11 is 1.84. The molecule has 0 aromatic heterocycles. The normalized spacial score (nSPS) is 10.1. The smallest absolute Gasteiger partial charge is 0.0200 e. The predicted molar refractivity (Wildman–Crippen MR) is 64.8 cm³/mol. The van der Waals surface area contributed by atoms with Crippen molar-refractivity contribution < 1.29 is 0 Å². The summed E-state index contributed by atoms with van der Waals surface area (Å²) in [6.07, 6.45) is 0. The third kappa shape index (κ3) is 4.49. The maximum Gasteiger partial charge on any atom is 0.0200 e. The summed E-state index contributed by atoms with van der Waals surface area (Å²) < 4.78 is 0. The van der Waals surface area contributed by atoms with Gasteiger partial charge in [-0.2, -0.15) is 0 Å². The second kappa shape index (κ2) is 6.68. The van der Waals surface area contributed by atoms with Crippen LogP contribution < -0.4 is 5.32 Å². The molecule has 0 aliphatic carbocycles.